The Morgan fingerprint density at radius 3 is 0.984 bits per heavy atom. The van der Waals surface area contributed by atoms with Crippen molar-refractivity contribution in [2.24, 2.45) is 11.8 Å². The fourth-order valence-corrected chi connectivity index (χ4v) is 6.77. The van der Waals surface area contributed by atoms with E-state index < -0.39 is 95.7 Å². The molecule has 8 unspecified atom stereocenters. The van der Waals surface area contributed by atoms with Crippen molar-refractivity contribution in [2.75, 3.05) is 0 Å². The molecule has 0 aliphatic carbocycles. The Labute approximate surface area is 363 Å². The van der Waals surface area contributed by atoms with E-state index in [2.05, 4.69) is 31.9 Å². The fourth-order valence-electron chi connectivity index (χ4n) is 6.77. The highest BCUT2D eigenvalue weighted by Crippen LogP contribution is 2.17. The first-order valence-corrected chi connectivity index (χ1v) is 20.9. The predicted molar refractivity (Wildman–Crippen MR) is 236 cm³/mol. The molecule has 14 nitrogen and oxygen atoms in total. The van der Waals surface area contributed by atoms with Crippen LogP contribution < -0.4 is 31.9 Å². The minimum absolute atomic E-state index is 0.0658. The first-order chi connectivity index (χ1) is 29.5. The number of carbonyl (C=O) groups excluding carboxylic acids is 6. The van der Waals surface area contributed by atoms with E-state index in [0.717, 1.165) is 11.1 Å². The summed E-state index contributed by atoms with van der Waals surface area (Å²) in [5, 5.41) is 40.5. The molecule has 330 valence electrons. The van der Waals surface area contributed by atoms with E-state index in [4.69, 9.17) is 0 Å². The van der Waals surface area contributed by atoms with Crippen LogP contribution in [0.1, 0.15) is 73.4 Å². The predicted octanol–water partition coefficient (Wildman–Crippen LogP) is 3.08. The van der Waals surface area contributed by atoms with Crippen LogP contribution in [-0.2, 0) is 32.0 Å². The lowest BCUT2D eigenvalue weighted by Crippen LogP contribution is -2.62. The van der Waals surface area contributed by atoms with Crippen LogP contribution in [0.15, 0.2) is 121 Å². The van der Waals surface area contributed by atoms with E-state index in [1.807, 2.05) is 12.1 Å². The zero-order chi connectivity index (χ0) is 45.3. The molecule has 14 heteroatoms. The SMILES string of the molecule is CC(NC(=O)c1ccccc1)C(=O)NC(C(=O)NC(Cc1ccccc1)C(O)C(O)C(Cc1ccccc1)NC(=O)C(NC(=O)C(C)NC(=O)c1ccccc1)C(C)C)C(C)C. The number of hydrogen-bond acceptors (Lipinski definition) is 8. The van der Waals surface area contributed by atoms with Crippen LogP contribution in [0.2, 0.25) is 0 Å². The Balaban J connectivity index is 1.54. The van der Waals surface area contributed by atoms with Gasteiger partial charge in [0.2, 0.25) is 23.6 Å². The van der Waals surface area contributed by atoms with Crippen LogP contribution in [-0.4, -0.2) is 94.1 Å². The third kappa shape index (κ3) is 14.4. The maximum Gasteiger partial charge on any atom is 0.251 e. The summed E-state index contributed by atoms with van der Waals surface area (Å²) in [6.45, 7) is 9.96. The van der Waals surface area contributed by atoms with Gasteiger partial charge >= 0.3 is 0 Å². The Morgan fingerprint density at radius 1 is 0.403 bits per heavy atom. The maximum atomic E-state index is 14.1. The normalized spacial score (nSPS) is 15.1. The van der Waals surface area contributed by atoms with Gasteiger partial charge in [0.25, 0.3) is 11.8 Å². The lowest BCUT2D eigenvalue weighted by molar-refractivity contribution is -0.133. The van der Waals surface area contributed by atoms with E-state index in [0.29, 0.717) is 11.1 Å². The van der Waals surface area contributed by atoms with Crippen molar-refractivity contribution >= 4 is 35.4 Å². The van der Waals surface area contributed by atoms with Crippen LogP contribution in [0.5, 0.6) is 0 Å². The maximum absolute atomic E-state index is 14.1. The van der Waals surface area contributed by atoms with Crippen LogP contribution in [0.25, 0.3) is 0 Å². The molecule has 6 amide bonds. The Hall–Kier alpha value is -6.38. The van der Waals surface area contributed by atoms with Crippen molar-refractivity contribution in [1.82, 2.24) is 31.9 Å². The summed E-state index contributed by atoms with van der Waals surface area (Å²) in [6, 6.07) is 28.4. The lowest BCUT2D eigenvalue weighted by Gasteiger charge is -2.35. The summed E-state index contributed by atoms with van der Waals surface area (Å²) >= 11 is 0. The first kappa shape index (κ1) is 48.3. The molecule has 0 aliphatic rings. The Morgan fingerprint density at radius 2 is 0.694 bits per heavy atom. The van der Waals surface area contributed by atoms with Gasteiger partial charge in [-0.2, -0.15) is 0 Å². The van der Waals surface area contributed by atoms with Crippen molar-refractivity contribution in [1.29, 1.82) is 0 Å². The highest BCUT2D eigenvalue weighted by atomic mass is 16.3. The van der Waals surface area contributed by atoms with Gasteiger partial charge in [-0.25, -0.2) is 0 Å². The number of amides is 6. The van der Waals surface area contributed by atoms with Crippen molar-refractivity contribution < 1.29 is 39.0 Å². The van der Waals surface area contributed by atoms with E-state index in [-0.39, 0.29) is 12.8 Å². The zero-order valence-corrected chi connectivity index (χ0v) is 36.1. The summed E-state index contributed by atoms with van der Waals surface area (Å²) < 4.78 is 0. The second-order valence-electron chi connectivity index (χ2n) is 16.2. The molecule has 8 N–H and O–H groups in total. The zero-order valence-electron chi connectivity index (χ0n) is 36.1. The van der Waals surface area contributed by atoms with Gasteiger partial charge < -0.3 is 42.1 Å². The largest absolute Gasteiger partial charge is 0.388 e. The molecule has 4 rings (SSSR count). The van der Waals surface area contributed by atoms with Crippen LogP contribution in [0, 0.1) is 11.8 Å². The molecule has 0 fully saturated rings. The van der Waals surface area contributed by atoms with E-state index >= 15 is 0 Å². The molecule has 0 radical (unpaired) electrons. The number of carbonyl (C=O) groups is 6. The van der Waals surface area contributed by atoms with Gasteiger partial charge in [0.15, 0.2) is 0 Å². The molecule has 0 bridgehead atoms. The van der Waals surface area contributed by atoms with Gasteiger partial charge in [0.05, 0.1) is 12.1 Å². The second-order valence-corrected chi connectivity index (χ2v) is 16.2. The molecule has 4 aromatic carbocycles. The van der Waals surface area contributed by atoms with Crippen molar-refractivity contribution in [3.8, 4) is 0 Å². The smallest absolute Gasteiger partial charge is 0.251 e. The summed E-state index contributed by atoms with van der Waals surface area (Å²) in [5.74, 6) is -4.26. The quantitative estimate of drug-likeness (QED) is 0.0623. The Bertz CT molecular complexity index is 1920. The molecule has 0 saturated heterocycles. The van der Waals surface area contributed by atoms with E-state index in [9.17, 15) is 39.0 Å². The van der Waals surface area contributed by atoms with Gasteiger partial charge in [-0.05, 0) is 73.9 Å². The van der Waals surface area contributed by atoms with Crippen molar-refractivity contribution in [2.45, 2.75) is 103 Å². The molecule has 0 aliphatic heterocycles. The lowest BCUT2D eigenvalue weighted by atomic mass is 9.90. The van der Waals surface area contributed by atoms with Gasteiger partial charge in [-0.3, -0.25) is 28.8 Å². The number of aliphatic hydroxyl groups excluding tert-OH is 2. The molecule has 0 spiro atoms. The molecule has 0 heterocycles. The molecule has 62 heavy (non-hydrogen) atoms. The summed E-state index contributed by atoms with van der Waals surface area (Å²) in [5.41, 5.74) is 2.19. The number of nitrogens with one attached hydrogen (secondary N) is 6. The monoisotopic (exact) mass is 848 g/mol. The summed E-state index contributed by atoms with van der Waals surface area (Å²) in [6.07, 6.45) is -3.20. The van der Waals surface area contributed by atoms with E-state index in [1.54, 1.807) is 137 Å². The number of hydrogen-bond donors (Lipinski definition) is 8. The highest BCUT2D eigenvalue weighted by Gasteiger charge is 2.38. The van der Waals surface area contributed by atoms with Gasteiger partial charge in [0, 0.05) is 11.1 Å². The van der Waals surface area contributed by atoms with Gasteiger partial charge in [-0.15, -0.1) is 0 Å². The number of benzene rings is 4. The molecule has 8 atom stereocenters. The average Bonchev–Trinajstić information content (AvgIpc) is 3.27. The van der Waals surface area contributed by atoms with Crippen LogP contribution in [0.4, 0.5) is 0 Å². The van der Waals surface area contributed by atoms with E-state index in [1.165, 1.54) is 13.8 Å². The van der Waals surface area contributed by atoms with Gasteiger partial charge in [-0.1, -0.05) is 125 Å². The third-order valence-corrected chi connectivity index (χ3v) is 10.5. The molecule has 0 saturated carbocycles. The van der Waals surface area contributed by atoms with Gasteiger partial charge in [0.1, 0.15) is 36.4 Å². The minimum atomic E-state index is -1.67. The molecule has 0 aromatic heterocycles. The highest BCUT2D eigenvalue weighted by molar-refractivity contribution is 5.99. The van der Waals surface area contributed by atoms with Crippen LogP contribution >= 0.6 is 0 Å². The topological polar surface area (TPSA) is 215 Å². The molecular formula is C48H60N6O8. The third-order valence-electron chi connectivity index (χ3n) is 10.5. The summed E-state index contributed by atoms with van der Waals surface area (Å²) in [4.78, 5) is 80.4. The van der Waals surface area contributed by atoms with Crippen molar-refractivity contribution in [3.05, 3.63) is 144 Å². The minimum Gasteiger partial charge on any atom is -0.388 e. The average molecular weight is 849 g/mol. The number of rotatable bonds is 21. The Kier molecular flexibility index (Phi) is 18.4. The molecule has 4 aromatic rings. The fraction of sp³-hybridized carbons (Fsp3) is 0.375. The van der Waals surface area contributed by atoms with Crippen LogP contribution in [0.3, 0.4) is 0 Å². The second kappa shape index (κ2) is 23.6. The molecular weight excluding hydrogens is 789 g/mol. The first-order valence-electron chi connectivity index (χ1n) is 20.9. The van der Waals surface area contributed by atoms with Crippen molar-refractivity contribution in [3.63, 3.8) is 0 Å². The number of aliphatic hydroxyl groups is 2. The summed E-state index contributed by atoms with van der Waals surface area (Å²) in [7, 11) is 0. The standard InChI is InChI=1S/C48H60N6O8/c1-29(2)39(53-43(57)31(5)49-45(59)35-23-15-9-16-24-35)47(61)51-37(27-33-19-11-7-12-20-33)41(55)42(56)38(28-34-21-13-8-14-22-34)52-48(62)40(30(3)4)54-44(58)32(6)50-46(60)36-25-17-10-18-26-36/h7-26,29-32,37-42,55-56H,27-28H2,1-6H3,(H,49,59)(H,50,60)(H,51,61)(H,52,62)(H,53,57)(H,54,58).